The first-order valence-corrected chi connectivity index (χ1v) is 3.42. The second-order valence-electron chi connectivity index (χ2n) is 1.11. The molecule has 0 spiro atoms. The molecule has 8 heavy (non-hydrogen) atoms. The number of nitrogens with two attached hydrogens (primary N) is 1. The number of hydrogen-bond acceptors (Lipinski definition) is 4. The van der Waals surface area contributed by atoms with E-state index in [2.05, 4.69) is 16.8 Å². The van der Waals surface area contributed by atoms with E-state index in [1.807, 2.05) is 0 Å². The summed E-state index contributed by atoms with van der Waals surface area (Å²) in [6, 6.07) is 0. The van der Waals surface area contributed by atoms with Crippen molar-refractivity contribution in [2.75, 3.05) is 5.75 Å². The Hall–Kier alpha value is -0.390. The smallest absolute Gasteiger partial charge is 0.198 e. The Morgan fingerprint density at radius 2 is 2.25 bits per heavy atom. The van der Waals surface area contributed by atoms with E-state index in [9.17, 15) is 8.42 Å². The summed E-state index contributed by atoms with van der Waals surface area (Å²) in [6.45, 7) is 3.18. The Balaban J connectivity index is 3.94. The van der Waals surface area contributed by atoms with Gasteiger partial charge >= 0.3 is 0 Å². The van der Waals surface area contributed by atoms with Crippen molar-refractivity contribution in [3.8, 4) is 0 Å². The average molecular weight is 137 g/mol. The standard InChI is InChI=1S/C3H7NO3S/c1-2-3-8(5,6)7-4/h2H,1,3-4H2. The van der Waals surface area contributed by atoms with Crippen LogP contribution in [0.25, 0.3) is 0 Å². The zero-order valence-corrected chi connectivity index (χ0v) is 5.02. The molecule has 0 heterocycles. The van der Waals surface area contributed by atoms with Crippen molar-refractivity contribution in [1.29, 1.82) is 0 Å². The fourth-order valence-electron chi connectivity index (χ4n) is 0.184. The molecule has 0 radical (unpaired) electrons. The Morgan fingerprint density at radius 3 is 2.38 bits per heavy atom. The lowest BCUT2D eigenvalue weighted by molar-refractivity contribution is 0.335. The maximum atomic E-state index is 10.2. The van der Waals surface area contributed by atoms with Crippen LogP contribution in [0.1, 0.15) is 0 Å². The Morgan fingerprint density at radius 1 is 1.75 bits per heavy atom. The molecule has 0 bridgehead atoms. The third-order valence-corrected chi connectivity index (χ3v) is 1.41. The molecule has 0 aliphatic rings. The maximum Gasteiger partial charge on any atom is 0.286 e. The lowest BCUT2D eigenvalue weighted by atomic mass is 10.8. The van der Waals surface area contributed by atoms with Gasteiger partial charge in [-0.05, 0) is 0 Å². The van der Waals surface area contributed by atoms with E-state index in [0.29, 0.717) is 0 Å². The lowest BCUT2D eigenvalue weighted by Crippen LogP contribution is -2.12. The topological polar surface area (TPSA) is 69.4 Å². The second kappa shape index (κ2) is 2.81. The molecule has 0 amide bonds. The molecule has 0 saturated heterocycles. The quantitative estimate of drug-likeness (QED) is 0.416. The predicted octanol–water partition coefficient (Wildman–Crippen LogP) is -0.607. The summed E-state index contributed by atoms with van der Waals surface area (Å²) in [4.78, 5) is 0. The van der Waals surface area contributed by atoms with Gasteiger partial charge in [0, 0.05) is 0 Å². The molecule has 0 aliphatic carbocycles. The van der Waals surface area contributed by atoms with Crippen LogP contribution in [0.5, 0.6) is 0 Å². The number of hydrogen-bond donors (Lipinski definition) is 1. The Kier molecular flexibility index (Phi) is 2.67. The summed E-state index contributed by atoms with van der Waals surface area (Å²) in [5, 5.41) is 0. The van der Waals surface area contributed by atoms with Crippen LogP contribution in [0.4, 0.5) is 0 Å². The van der Waals surface area contributed by atoms with Crippen molar-refractivity contribution in [3.63, 3.8) is 0 Å². The van der Waals surface area contributed by atoms with Gasteiger partial charge in [0.1, 0.15) is 0 Å². The van der Waals surface area contributed by atoms with E-state index in [-0.39, 0.29) is 5.75 Å². The molecule has 2 N–H and O–H groups in total. The van der Waals surface area contributed by atoms with Crippen LogP contribution in [-0.2, 0) is 14.4 Å². The van der Waals surface area contributed by atoms with Gasteiger partial charge in [0.15, 0.2) is 0 Å². The normalized spacial score (nSPS) is 11.1. The van der Waals surface area contributed by atoms with Crippen molar-refractivity contribution in [2.45, 2.75) is 0 Å². The van der Waals surface area contributed by atoms with Crippen LogP contribution in [-0.4, -0.2) is 14.2 Å². The molecule has 0 aromatic carbocycles. The number of rotatable bonds is 3. The predicted molar refractivity (Wildman–Crippen MR) is 29.3 cm³/mol. The van der Waals surface area contributed by atoms with Crippen molar-refractivity contribution in [3.05, 3.63) is 12.7 Å². The molecule has 0 rings (SSSR count). The van der Waals surface area contributed by atoms with Crippen LogP contribution < -0.4 is 5.90 Å². The fraction of sp³-hybridized carbons (Fsp3) is 0.333. The van der Waals surface area contributed by atoms with E-state index in [1.54, 1.807) is 0 Å². The highest BCUT2D eigenvalue weighted by molar-refractivity contribution is 7.86. The SMILES string of the molecule is C=CCS(=O)(=O)ON. The lowest BCUT2D eigenvalue weighted by Gasteiger charge is -1.91. The summed E-state index contributed by atoms with van der Waals surface area (Å²) < 4.78 is 23.9. The third kappa shape index (κ3) is 2.73. The van der Waals surface area contributed by atoms with E-state index >= 15 is 0 Å². The first-order valence-electron chi connectivity index (χ1n) is 1.84. The molecule has 0 aliphatic heterocycles. The van der Waals surface area contributed by atoms with Gasteiger partial charge in [0.2, 0.25) is 0 Å². The van der Waals surface area contributed by atoms with Crippen molar-refractivity contribution >= 4 is 10.1 Å². The van der Waals surface area contributed by atoms with Crippen LogP contribution in [0.3, 0.4) is 0 Å². The molecule has 0 aromatic rings. The molecule has 48 valence electrons. The van der Waals surface area contributed by atoms with Gasteiger partial charge in [-0.1, -0.05) is 6.08 Å². The molecule has 0 aromatic heterocycles. The van der Waals surface area contributed by atoms with Crippen molar-refractivity contribution in [1.82, 2.24) is 0 Å². The monoisotopic (exact) mass is 137 g/mol. The molecule has 0 saturated carbocycles. The minimum absolute atomic E-state index is 0.247. The minimum Gasteiger partial charge on any atom is -0.198 e. The molecule has 0 fully saturated rings. The summed E-state index contributed by atoms with van der Waals surface area (Å²) in [7, 11) is -3.51. The molecular formula is C3H7NO3S. The summed E-state index contributed by atoms with van der Waals surface area (Å²) in [5.41, 5.74) is 0. The molecule has 0 unspecified atom stereocenters. The molecule has 4 nitrogen and oxygen atoms in total. The minimum atomic E-state index is -3.51. The van der Waals surface area contributed by atoms with E-state index in [0.717, 1.165) is 0 Å². The molecular weight excluding hydrogens is 130 g/mol. The highest BCUT2D eigenvalue weighted by Gasteiger charge is 2.03. The van der Waals surface area contributed by atoms with E-state index < -0.39 is 10.1 Å². The third-order valence-electron chi connectivity index (χ3n) is 0.469. The molecule has 5 heteroatoms. The summed E-state index contributed by atoms with van der Waals surface area (Å²) in [6.07, 6.45) is 1.20. The average Bonchev–Trinajstić information content (AvgIpc) is 1.67. The first kappa shape index (κ1) is 7.61. The zero-order valence-electron chi connectivity index (χ0n) is 4.20. The van der Waals surface area contributed by atoms with E-state index in [1.165, 1.54) is 6.08 Å². The largest absolute Gasteiger partial charge is 0.286 e. The van der Waals surface area contributed by atoms with Crippen LogP contribution >= 0.6 is 0 Å². The van der Waals surface area contributed by atoms with Gasteiger partial charge in [-0.15, -0.1) is 6.58 Å². The van der Waals surface area contributed by atoms with Gasteiger partial charge in [-0.2, -0.15) is 18.6 Å². The summed E-state index contributed by atoms with van der Waals surface area (Å²) in [5.74, 6) is 4.11. The van der Waals surface area contributed by atoms with Crippen LogP contribution in [0.2, 0.25) is 0 Å². The highest BCUT2D eigenvalue weighted by atomic mass is 32.2. The van der Waals surface area contributed by atoms with E-state index in [4.69, 9.17) is 0 Å². The van der Waals surface area contributed by atoms with Gasteiger partial charge in [-0.25, -0.2) is 0 Å². The van der Waals surface area contributed by atoms with Crippen molar-refractivity contribution < 1.29 is 12.7 Å². The first-order chi connectivity index (χ1) is 3.62. The maximum absolute atomic E-state index is 10.2. The second-order valence-corrected chi connectivity index (χ2v) is 2.75. The van der Waals surface area contributed by atoms with Gasteiger partial charge in [0.25, 0.3) is 10.1 Å². The Labute approximate surface area is 48.0 Å². The van der Waals surface area contributed by atoms with Gasteiger partial charge in [-0.3, -0.25) is 0 Å². The van der Waals surface area contributed by atoms with Crippen LogP contribution in [0.15, 0.2) is 12.7 Å². The van der Waals surface area contributed by atoms with Gasteiger partial charge < -0.3 is 0 Å². The zero-order chi connectivity index (χ0) is 6.62. The van der Waals surface area contributed by atoms with Crippen LogP contribution in [0, 0.1) is 0 Å². The highest BCUT2D eigenvalue weighted by Crippen LogP contribution is 1.85. The fourth-order valence-corrected chi connectivity index (χ4v) is 0.551. The van der Waals surface area contributed by atoms with Gasteiger partial charge in [0.05, 0.1) is 5.75 Å². The Bertz CT molecular complexity index is 159. The molecule has 0 atom stereocenters. The summed E-state index contributed by atoms with van der Waals surface area (Å²) >= 11 is 0. The van der Waals surface area contributed by atoms with Crippen molar-refractivity contribution in [2.24, 2.45) is 5.90 Å².